The third-order valence-corrected chi connectivity index (χ3v) is 3.87. The zero-order valence-corrected chi connectivity index (χ0v) is 12.3. The van der Waals surface area contributed by atoms with Crippen LogP contribution >= 0.6 is 11.8 Å². The van der Waals surface area contributed by atoms with Gasteiger partial charge in [-0.2, -0.15) is 0 Å². The molecule has 0 aliphatic carbocycles. The molecule has 1 unspecified atom stereocenters. The summed E-state index contributed by atoms with van der Waals surface area (Å²) >= 11 is 1.65. The van der Waals surface area contributed by atoms with Crippen molar-refractivity contribution in [2.24, 2.45) is 0 Å². The van der Waals surface area contributed by atoms with Gasteiger partial charge in [0.15, 0.2) is 0 Å². The van der Waals surface area contributed by atoms with Crippen LogP contribution < -0.4 is 5.32 Å². The Kier molecular flexibility index (Phi) is 5.15. The van der Waals surface area contributed by atoms with Crippen molar-refractivity contribution in [2.75, 3.05) is 12.8 Å². The number of thioether (sulfide) groups is 1. The van der Waals surface area contributed by atoms with Crippen molar-refractivity contribution in [1.82, 2.24) is 5.32 Å². The largest absolute Gasteiger partial charge is 0.306 e. The van der Waals surface area contributed by atoms with Crippen molar-refractivity contribution < 1.29 is 8.78 Å². The van der Waals surface area contributed by atoms with Crippen molar-refractivity contribution in [3.05, 3.63) is 65.2 Å². The summed E-state index contributed by atoms with van der Waals surface area (Å²) in [4.78, 5) is 1.14. The lowest BCUT2D eigenvalue weighted by Crippen LogP contribution is -2.23. The molecule has 0 amide bonds. The van der Waals surface area contributed by atoms with Crippen molar-refractivity contribution >= 4 is 11.8 Å². The van der Waals surface area contributed by atoms with Crippen LogP contribution in [0.3, 0.4) is 0 Å². The predicted octanol–water partition coefficient (Wildman–Crippen LogP) is 4.39. The monoisotopic (exact) mass is 293 g/mol. The summed E-state index contributed by atoms with van der Waals surface area (Å²) < 4.78 is 27.3. The Morgan fingerprint density at radius 3 is 2.40 bits per heavy atom. The number of halogens is 2. The minimum Gasteiger partial charge on any atom is -0.306 e. The molecule has 0 saturated heterocycles. The first-order valence-corrected chi connectivity index (χ1v) is 7.70. The summed E-state index contributed by atoms with van der Waals surface area (Å²) in [5.41, 5.74) is 1.26. The van der Waals surface area contributed by atoms with E-state index in [4.69, 9.17) is 0 Å². The molecule has 106 valence electrons. The molecule has 2 aromatic rings. The molecule has 2 rings (SSSR count). The molecule has 0 aliphatic rings. The number of hydrogen-bond donors (Lipinski definition) is 1. The van der Waals surface area contributed by atoms with E-state index in [1.54, 1.807) is 11.8 Å². The molecule has 0 aromatic heterocycles. The van der Waals surface area contributed by atoms with E-state index in [0.717, 1.165) is 16.5 Å². The van der Waals surface area contributed by atoms with Gasteiger partial charge >= 0.3 is 0 Å². The quantitative estimate of drug-likeness (QED) is 0.821. The van der Waals surface area contributed by atoms with E-state index in [2.05, 4.69) is 5.32 Å². The minimum absolute atomic E-state index is 0.337. The summed E-state index contributed by atoms with van der Waals surface area (Å²) in [5, 5.41) is 3.21. The average Bonchev–Trinajstić information content (AvgIpc) is 2.48. The molecule has 1 N–H and O–H groups in total. The highest BCUT2D eigenvalue weighted by Gasteiger charge is 2.17. The third kappa shape index (κ3) is 3.38. The topological polar surface area (TPSA) is 12.0 Å². The summed E-state index contributed by atoms with van der Waals surface area (Å²) in [5.74, 6) is -0.823. The number of nitrogens with one attached hydrogen (secondary N) is 1. The predicted molar refractivity (Wildman–Crippen MR) is 80.1 cm³/mol. The maximum atomic E-state index is 14.0. The van der Waals surface area contributed by atoms with Crippen LogP contribution in [0, 0.1) is 11.6 Å². The molecule has 1 atom stereocenters. The molecule has 0 heterocycles. The molecule has 0 bridgehead atoms. The van der Waals surface area contributed by atoms with Crippen LogP contribution in [0.2, 0.25) is 0 Å². The highest BCUT2D eigenvalue weighted by Crippen LogP contribution is 2.27. The van der Waals surface area contributed by atoms with Gasteiger partial charge in [-0.25, -0.2) is 8.78 Å². The Morgan fingerprint density at radius 2 is 1.80 bits per heavy atom. The van der Waals surface area contributed by atoms with E-state index in [0.29, 0.717) is 12.1 Å². The molecule has 1 nitrogen and oxygen atoms in total. The number of rotatable bonds is 5. The van der Waals surface area contributed by atoms with Gasteiger partial charge in [0.05, 0.1) is 6.04 Å². The Morgan fingerprint density at radius 1 is 1.10 bits per heavy atom. The van der Waals surface area contributed by atoms with Crippen LogP contribution in [-0.4, -0.2) is 12.8 Å². The van der Waals surface area contributed by atoms with Gasteiger partial charge in [0.1, 0.15) is 11.6 Å². The molecular formula is C16H17F2NS. The van der Waals surface area contributed by atoms with E-state index < -0.39 is 11.6 Å². The Bertz CT molecular complexity index is 569. The van der Waals surface area contributed by atoms with Gasteiger partial charge in [-0.1, -0.05) is 19.1 Å². The highest BCUT2D eigenvalue weighted by molar-refractivity contribution is 7.98. The van der Waals surface area contributed by atoms with E-state index in [9.17, 15) is 8.78 Å². The molecule has 0 aliphatic heterocycles. The first-order valence-electron chi connectivity index (χ1n) is 6.48. The molecular weight excluding hydrogens is 276 g/mol. The fraction of sp³-hybridized carbons (Fsp3) is 0.250. The maximum absolute atomic E-state index is 14.0. The first kappa shape index (κ1) is 15.0. The second-order valence-electron chi connectivity index (χ2n) is 4.43. The summed E-state index contributed by atoms with van der Waals surface area (Å²) in [6.07, 6.45) is 2.00. The summed E-state index contributed by atoms with van der Waals surface area (Å²) in [6, 6.07) is 11.1. The normalized spacial score (nSPS) is 12.4. The molecule has 0 spiro atoms. The maximum Gasteiger partial charge on any atom is 0.128 e. The van der Waals surface area contributed by atoms with Crippen molar-refractivity contribution in [3.8, 4) is 0 Å². The fourth-order valence-corrected chi connectivity index (χ4v) is 2.55. The second kappa shape index (κ2) is 6.86. The number of benzene rings is 2. The van der Waals surface area contributed by atoms with Crippen LogP contribution in [0.15, 0.2) is 47.4 Å². The molecule has 0 fully saturated rings. The van der Waals surface area contributed by atoms with E-state index in [-0.39, 0.29) is 6.04 Å². The fourth-order valence-electron chi connectivity index (χ4n) is 2.14. The lowest BCUT2D eigenvalue weighted by Gasteiger charge is -2.20. The van der Waals surface area contributed by atoms with Crippen molar-refractivity contribution in [3.63, 3.8) is 0 Å². The summed E-state index contributed by atoms with van der Waals surface area (Å²) in [6.45, 7) is 2.62. The van der Waals surface area contributed by atoms with Gasteiger partial charge in [0.25, 0.3) is 0 Å². The van der Waals surface area contributed by atoms with Crippen LogP contribution in [-0.2, 0) is 0 Å². The molecule has 0 saturated carbocycles. The Labute approximate surface area is 122 Å². The van der Waals surface area contributed by atoms with E-state index >= 15 is 0 Å². The molecule has 4 heteroatoms. The van der Waals surface area contributed by atoms with Gasteiger partial charge in [0.2, 0.25) is 0 Å². The SMILES string of the molecule is CCNC(c1ccc(SC)cc1)c1cc(F)ccc1F. The molecule has 0 radical (unpaired) electrons. The number of hydrogen-bond acceptors (Lipinski definition) is 2. The lowest BCUT2D eigenvalue weighted by molar-refractivity contribution is 0.544. The average molecular weight is 293 g/mol. The zero-order valence-electron chi connectivity index (χ0n) is 11.5. The van der Waals surface area contributed by atoms with Gasteiger partial charge < -0.3 is 5.32 Å². The smallest absolute Gasteiger partial charge is 0.128 e. The van der Waals surface area contributed by atoms with Gasteiger partial charge in [0, 0.05) is 10.5 Å². The summed E-state index contributed by atoms with van der Waals surface area (Å²) in [7, 11) is 0. The van der Waals surface area contributed by atoms with Crippen LogP contribution in [0.1, 0.15) is 24.1 Å². The Hall–Kier alpha value is -1.39. The van der Waals surface area contributed by atoms with Crippen LogP contribution in [0.4, 0.5) is 8.78 Å². The van der Waals surface area contributed by atoms with Crippen molar-refractivity contribution in [2.45, 2.75) is 17.9 Å². The second-order valence-corrected chi connectivity index (χ2v) is 5.31. The van der Waals surface area contributed by atoms with E-state index in [1.807, 2.05) is 37.4 Å². The zero-order chi connectivity index (χ0) is 14.5. The first-order chi connectivity index (χ1) is 9.65. The van der Waals surface area contributed by atoms with Crippen molar-refractivity contribution in [1.29, 1.82) is 0 Å². The third-order valence-electron chi connectivity index (χ3n) is 3.13. The van der Waals surface area contributed by atoms with Crippen LogP contribution in [0.5, 0.6) is 0 Å². The van der Waals surface area contributed by atoms with E-state index in [1.165, 1.54) is 12.1 Å². The standard InChI is InChI=1S/C16H17F2NS/c1-3-19-16(11-4-7-13(20-2)8-5-11)14-10-12(17)6-9-15(14)18/h4-10,16,19H,3H2,1-2H3. The van der Waals surface area contributed by atoms with Gasteiger partial charge in [-0.15, -0.1) is 11.8 Å². The lowest BCUT2D eigenvalue weighted by atomic mass is 9.98. The van der Waals surface area contributed by atoms with Crippen LogP contribution in [0.25, 0.3) is 0 Å². The molecule has 20 heavy (non-hydrogen) atoms. The highest BCUT2D eigenvalue weighted by atomic mass is 32.2. The van der Waals surface area contributed by atoms with Gasteiger partial charge in [-0.05, 0) is 48.7 Å². The molecule has 2 aromatic carbocycles. The minimum atomic E-state index is -0.426. The van der Waals surface area contributed by atoms with Gasteiger partial charge in [-0.3, -0.25) is 0 Å². The Balaban J connectivity index is 2.41.